The number of hydrogen-bond donors (Lipinski definition) is 0. The van der Waals surface area contributed by atoms with E-state index in [1.165, 1.54) is 24.3 Å². The minimum atomic E-state index is -0.835. The summed E-state index contributed by atoms with van der Waals surface area (Å²) in [5.74, 6) is 0.779. The second-order valence-electron chi connectivity index (χ2n) is 8.44. The van der Waals surface area contributed by atoms with Crippen molar-refractivity contribution in [1.82, 2.24) is 9.78 Å². The molecule has 0 bridgehead atoms. The number of carbonyl (C=O) groups is 1. The molecule has 158 valence electrons. The molecule has 1 aromatic heterocycles. The molecule has 0 aliphatic heterocycles. The van der Waals surface area contributed by atoms with Crippen molar-refractivity contribution in [2.24, 2.45) is 5.92 Å². The van der Waals surface area contributed by atoms with Gasteiger partial charge in [0, 0.05) is 51.0 Å². The molecule has 1 aromatic carbocycles. The van der Waals surface area contributed by atoms with E-state index in [-0.39, 0.29) is 62.2 Å². The maximum Gasteiger partial charge on any atom is 0.514 e. The van der Waals surface area contributed by atoms with Gasteiger partial charge < -0.3 is 19.9 Å². The van der Waals surface area contributed by atoms with E-state index in [1.807, 2.05) is 27.7 Å². The molecule has 1 aliphatic rings. The van der Waals surface area contributed by atoms with Crippen LogP contribution in [0.15, 0.2) is 30.3 Å². The van der Waals surface area contributed by atoms with Crippen LogP contribution in [0.1, 0.15) is 52.1 Å². The third-order valence-electron chi connectivity index (χ3n) is 5.09. The predicted molar refractivity (Wildman–Crippen MR) is 106 cm³/mol. The van der Waals surface area contributed by atoms with Gasteiger partial charge in [0.05, 0.1) is 4.92 Å². The van der Waals surface area contributed by atoms with Crippen LogP contribution >= 0.6 is 0 Å². The zero-order chi connectivity index (χ0) is 21.3. The second kappa shape index (κ2) is 9.31. The average molecular weight is 514 g/mol. The Bertz CT molecular complexity index is 907. The first-order valence-electron chi connectivity index (χ1n) is 9.49. The normalized spacial score (nSPS) is 21.0. The molecular weight excluding hydrogens is 489 g/mol. The first-order chi connectivity index (χ1) is 13.5. The molecule has 0 radical (unpaired) electrons. The Hall–Kier alpha value is -2.18. The molecule has 0 spiro atoms. The monoisotopic (exact) mass is 515 g/mol. The van der Waals surface area contributed by atoms with Crippen molar-refractivity contribution in [3.63, 3.8) is 0 Å². The standard InChI is InChI=1S/C20H25N4O5.Cd/c1-12-9-13(16-11-18(21)23(22-16)20(2,3)4)10-17(12)29-19(25)28-15-7-5-14(6-8-15)24(26)27;/h5-8,11-13,17H,9-10H2,1-4H3,(H-,21,22);/q-1;/t12-,13+,17+;/m1./s1. The summed E-state index contributed by atoms with van der Waals surface area (Å²) in [6.07, 6.45) is 0.255. The van der Waals surface area contributed by atoms with Crippen LogP contribution in [-0.2, 0) is 37.6 Å². The van der Waals surface area contributed by atoms with Crippen LogP contribution in [0, 0.1) is 16.0 Å². The maximum atomic E-state index is 12.1. The first kappa shape index (κ1) is 24.1. The van der Waals surface area contributed by atoms with Crippen LogP contribution in [0.4, 0.5) is 16.3 Å². The quantitative estimate of drug-likeness (QED) is 0.179. The number of hydrogen-bond acceptors (Lipinski definition) is 6. The molecule has 9 nitrogen and oxygen atoms in total. The smallest absolute Gasteiger partial charge is 0.481 e. The molecule has 0 amide bonds. The second-order valence-corrected chi connectivity index (χ2v) is 8.44. The fourth-order valence-electron chi connectivity index (χ4n) is 3.61. The minimum absolute atomic E-state index is 0. The molecule has 10 heteroatoms. The summed E-state index contributed by atoms with van der Waals surface area (Å²) >= 11 is 0. The van der Waals surface area contributed by atoms with Gasteiger partial charge in [0.2, 0.25) is 0 Å². The van der Waals surface area contributed by atoms with Crippen molar-refractivity contribution >= 4 is 17.7 Å². The summed E-state index contributed by atoms with van der Waals surface area (Å²) in [6.45, 7) is 8.00. The summed E-state index contributed by atoms with van der Waals surface area (Å²) in [6, 6.07) is 7.02. The Balaban J connectivity index is 0.00000320. The SMILES string of the molecule is C[C@@H]1C[C@H](c2cc([NH-])n(C(C)(C)C)n2)C[C@@H]1OC(=O)Oc1ccc([N+](=O)[O-])cc1.[Cd]. The number of nitrogens with zero attached hydrogens (tertiary/aromatic N) is 3. The number of benzene rings is 1. The van der Waals surface area contributed by atoms with E-state index in [1.54, 1.807) is 10.7 Å². The number of nitro groups is 1. The number of rotatable bonds is 4. The number of nitro benzene ring substituents is 1. The summed E-state index contributed by atoms with van der Waals surface area (Å²) in [4.78, 5) is 22.3. The summed E-state index contributed by atoms with van der Waals surface area (Å²) < 4.78 is 12.3. The Morgan fingerprint density at radius 1 is 1.27 bits per heavy atom. The van der Waals surface area contributed by atoms with E-state index in [4.69, 9.17) is 15.2 Å². The van der Waals surface area contributed by atoms with Gasteiger partial charge in [0.1, 0.15) is 11.9 Å². The molecular formula is C20H25CdN4O5-. The van der Waals surface area contributed by atoms with Gasteiger partial charge in [-0.05, 0) is 48.3 Å². The maximum absolute atomic E-state index is 12.1. The largest absolute Gasteiger partial charge is 0.514 e. The third kappa shape index (κ3) is 5.49. The zero-order valence-corrected chi connectivity index (χ0v) is 21.7. The molecule has 3 atom stereocenters. The van der Waals surface area contributed by atoms with Gasteiger partial charge in [0.25, 0.3) is 5.69 Å². The Labute approximate surface area is 195 Å². The Kier molecular flexibility index (Phi) is 7.48. The van der Waals surface area contributed by atoms with E-state index in [2.05, 4.69) is 5.10 Å². The van der Waals surface area contributed by atoms with Gasteiger partial charge in [0.15, 0.2) is 0 Å². The molecule has 2 aromatic rings. The molecule has 1 fully saturated rings. The van der Waals surface area contributed by atoms with Crippen LogP contribution in [0.25, 0.3) is 5.73 Å². The average Bonchev–Trinajstić information content (AvgIpc) is 3.18. The summed E-state index contributed by atoms with van der Waals surface area (Å²) in [7, 11) is 0. The van der Waals surface area contributed by atoms with Gasteiger partial charge in [-0.2, -0.15) is 0 Å². The summed E-state index contributed by atoms with van der Waals surface area (Å²) in [5.41, 5.74) is 8.63. The van der Waals surface area contributed by atoms with Crippen LogP contribution in [0.3, 0.4) is 0 Å². The van der Waals surface area contributed by atoms with Gasteiger partial charge in [-0.15, -0.1) is 0 Å². The van der Waals surface area contributed by atoms with E-state index in [9.17, 15) is 14.9 Å². The predicted octanol–water partition coefficient (Wildman–Crippen LogP) is 5.33. The van der Waals surface area contributed by atoms with Gasteiger partial charge >= 0.3 is 6.16 Å². The fraction of sp³-hybridized carbons (Fsp3) is 0.500. The number of carbonyl (C=O) groups excluding carboxylic acids is 1. The molecule has 1 N–H and O–H groups in total. The van der Waals surface area contributed by atoms with Crippen molar-refractivity contribution in [3.8, 4) is 5.75 Å². The number of ether oxygens (including phenoxy) is 2. The van der Waals surface area contributed by atoms with Crippen LogP contribution in [-0.4, -0.2) is 27.0 Å². The third-order valence-corrected chi connectivity index (χ3v) is 5.09. The van der Waals surface area contributed by atoms with Gasteiger partial charge in [-0.25, -0.2) is 4.79 Å². The molecule has 1 heterocycles. The van der Waals surface area contributed by atoms with Crippen molar-refractivity contribution in [2.45, 2.75) is 58.1 Å². The molecule has 1 aliphatic carbocycles. The van der Waals surface area contributed by atoms with Crippen LogP contribution in [0.2, 0.25) is 0 Å². The van der Waals surface area contributed by atoms with E-state index < -0.39 is 11.1 Å². The fourth-order valence-corrected chi connectivity index (χ4v) is 3.61. The van der Waals surface area contributed by atoms with Crippen LogP contribution < -0.4 is 4.74 Å². The summed E-state index contributed by atoms with van der Waals surface area (Å²) in [5, 5.41) is 15.3. The minimum Gasteiger partial charge on any atom is -0.481 e. The van der Waals surface area contributed by atoms with E-state index in [0.29, 0.717) is 12.2 Å². The Morgan fingerprint density at radius 2 is 1.90 bits per heavy atom. The van der Waals surface area contributed by atoms with Crippen molar-refractivity contribution in [3.05, 3.63) is 51.9 Å². The van der Waals surface area contributed by atoms with E-state index >= 15 is 0 Å². The van der Waals surface area contributed by atoms with Crippen molar-refractivity contribution in [2.75, 3.05) is 0 Å². The number of non-ortho nitro benzene ring substituents is 1. The number of nitrogens with one attached hydrogen (secondary N) is 1. The van der Waals surface area contributed by atoms with Crippen LogP contribution in [0.5, 0.6) is 5.75 Å². The van der Waals surface area contributed by atoms with Crippen molar-refractivity contribution in [1.29, 1.82) is 0 Å². The first-order valence-corrected chi connectivity index (χ1v) is 9.49. The van der Waals surface area contributed by atoms with E-state index in [0.717, 1.165) is 12.1 Å². The molecule has 30 heavy (non-hydrogen) atoms. The van der Waals surface area contributed by atoms with Crippen molar-refractivity contribution < 1.29 is 46.5 Å². The topological polar surface area (TPSA) is 120 Å². The molecule has 1 saturated carbocycles. The molecule has 0 saturated heterocycles. The van der Waals surface area contributed by atoms with Gasteiger partial charge in [-0.3, -0.25) is 15.2 Å². The number of aromatic nitrogens is 2. The zero-order valence-electron chi connectivity index (χ0n) is 17.6. The molecule has 0 unspecified atom stereocenters. The molecule has 3 rings (SSSR count). The van der Waals surface area contributed by atoms with Gasteiger partial charge in [-0.1, -0.05) is 27.7 Å². The Morgan fingerprint density at radius 3 is 2.43 bits per heavy atom.